The van der Waals surface area contributed by atoms with Crippen LogP contribution in [-0.4, -0.2) is 76.4 Å². The normalized spacial score (nSPS) is 47.4. The topological polar surface area (TPSA) is 126 Å². The molecule has 0 spiro atoms. The Kier molecular flexibility index (Phi) is 4.86. The van der Waals surface area contributed by atoms with Crippen molar-refractivity contribution in [1.29, 1.82) is 0 Å². The average Bonchev–Trinajstić information content (AvgIpc) is 2.76. The highest BCUT2D eigenvalue weighted by Crippen LogP contribution is 2.37. The Hall–Kier alpha value is -0.770. The number of ether oxygens (including phenoxy) is 3. The molecule has 122 valence electrons. The van der Waals surface area contributed by atoms with E-state index in [1.54, 1.807) is 0 Å². The van der Waals surface area contributed by atoms with Crippen LogP contribution in [0.4, 0.5) is 0 Å². The minimum absolute atomic E-state index is 0.199. The van der Waals surface area contributed by atoms with Gasteiger partial charge in [-0.15, -0.1) is 0 Å². The summed E-state index contributed by atoms with van der Waals surface area (Å²) in [5.41, 5.74) is -0.560. The van der Waals surface area contributed by atoms with Crippen LogP contribution in [0, 0.1) is 5.41 Å². The van der Waals surface area contributed by atoms with E-state index in [1.807, 2.05) is 13.8 Å². The van der Waals surface area contributed by atoms with E-state index in [2.05, 4.69) is 0 Å². The number of carbonyl (C=O) groups is 1. The molecular weight excluding hydrogens is 284 g/mol. The number of carbonyl (C=O) groups excluding carboxylic acids is 1. The Balaban J connectivity index is 2.12. The Morgan fingerprint density at radius 2 is 1.95 bits per heavy atom. The zero-order valence-corrected chi connectivity index (χ0v) is 12.0. The molecule has 8 heteroatoms. The molecular formula is C13H22O8. The van der Waals surface area contributed by atoms with Gasteiger partial charge in [-0.1, -0.05) is 13.8 Å². The van der Waals surface area contributed by atoms with Crippen molar-refractivity contribution in [2.75, 3.05) is 13.2 Å². The zero-order valence-electron chi connectivity index (χ0n) is 12.0. The SMILES string of the molecule is CCC1(C)COC(=O)C1OC1OC(CO)C(O)C(O)C1O. The van der Waals surface area contributed by atoms with Crippen LogP contribution in [0.2, 0.25) is 0 Å². The molecule has 2 rings (SSSR count). The monoisotopic (exact) mass is 306 g/mol. The van der Waals surface area contributed by atoms with E-state index in [0.717, 1.165) is 0 Å². The maximum atomic E-state index is 11.8. The van der Waals surface area contributed by atoms with E-state index >= 15 is 0 Å². The summed E-state index contributed by atoms with van der Waals surface area (Å²) in [7, 11) is 0. The van der Waals surface area contributed by atoms with Gasteiger partial charge in [0, 0.05) is 5.41 Å². The van der Waals surface area contributed by atoms with Crippen molar-refractivity contribution in [3.05, 3.63) is 0 Å². The largest absolute Gasteiger partial charge is 0.463 e. The van der Waals surface area contributed by atoms with Gasteiger partial charge in [0.25, 0.3) is 0 Å². The predicted octanol–water partition coefficient (Wildman–Crippen LogP) is -1.86. The van der Waals surface area contributed by atoms with Crippen molar-refractivity contribution in [1.82, 2.24) is 0 Å². The second-order valence-corrected chi connectivity index (χ2v) is 5.83. The third-order valence-electron chi connectivity index (χ3n) is 4.32. The lowest BCUT2D eigenvalue weighted by Gasteiger charge is -2.41. The predicted molar refractivity (Wildman–Crippen MR) is 68.0 cm³/mol. The third-order valence-corrected chi connectivity index (χ3v) is 4.32. The number of esters is 1. The van der Waals surface area contributed by atoms with E-state index in [0.29, 0.717) is 6.42 Å². The van der Waals surface area contributed by atoms with Gasteiger partial charge in [-0.2, -0.15) is 0 Å². The van der Waals surface area contributed by atoms with E-state index in [9.17, 15) is 20.1 Å². The molecule has 0 radical (unpaired) electrons. The first-order valence-electron chi connectivity index (χ1n) is 6.96. The second kappa shape index (κ2) is 6.15. The lowest BCUT2D eigenvalue weighted by molar-refractivity contribution is -0.313. The summed E-state index contributed by atoms with van der Waals surface area (Å²) >= 11 is 0. The van der Waals surface area contributed by atoms with Crippen molar-refractivity contribution in [3.63, 3.8) is 0 Å². The summed E-state index contributed by atoms with van der Waals surface area (Å²) in [5.74, 6) is -0.559. The Bertz CT molecular complexity index is 386. The van der Waals surface area contributed by atoms with Crippen LogP contribution in [0.25, 0.3) is 0 Å². The summed E-state index contributed by atoms with van der Waals surface area (Å²) in [6.07, 6.45) is -7.26. The van der Waals surface area contributed by atoms with Crippen LogP contribution in [0.1, 0.15) is 20.3 Å². The van der Waals surface area contributed by atoms with Gasteiger partial charge in [0.05, 0.1) is 13.2 Å². The third kappa shape index (κ3) is 2.92. The Morgan fingerprint density at radius 1 is 1.29 bits per heavy atom. The summed E-state index contributed by atoms with van der Waals surface area (Å²) in [6.45, 7) is 3.34. The van der Waals surface area contributed by atoms with E-state index in [-0.39, 0.29) is 6.61 Å². The standard InChI is InChI=1S/C13H22O8/c1-3-13(2)5-19-11(18)10(13)21-12-9(17)8(16)7(15)6(4-14)20-12/h6-10,12,14-17H,3-5H2,1-2H3. The van der Waals surface area contributed by atoms with E-state index < -0.39 is 54.8 Å². The number of cyclic esters (lactones) is 1. The van der Waals surface area contributed by atoms with Crippen LogP contribution >= 0.6 is 0 Å². The number of hydrogen-bond donors (Lipinski definition) is 4. The van der Waals surface area contributed by atoms with Gasteiger partial charge in [0.1, 0.15) is 24.4 Å². The molecule has 2 aliphatic rings. The van der Waals surface area contributed by atoms with E-state index in [4.69, 9.17) is 19.3 Å². The van der Waals surface area contributed by atoms with E-state index in [1.165, 1.54) is 0 Å². The maximum absolute atomic E-state index is 11.8. The first kappa shape index (κ1) is 16.6. The quantitative estimate of drug-likeness (QED) is 0.446. The van der Waals surface area contributed by atoms with Crippen molar-refractivity contribution in [2.45, 2.75) is 57.1 Å². The molecule has 4 N–H and O–H groups in total. The highest BCUT2D eigenvalue weighted by molar-refractivity contribution is 5.78. The van der Waals surface area contributed by atoms with Crippen LogP contribution in [-0.2, 0) is 19.0 Å². The van der Waals surface area contributed by atoms with Gasteiger partial charge in [-0.05, 0) is 6.42 Å². The summed E-state index contributed by atoms with van der Waals surface area (Å²) in [4.78, 5) is 11.8. The van der Waals surface area contributed by atoms with Crippen molar-refractivity contribution in [2.24, 2.45) is 5.41 Å². The molecule has 2 saturated heterocycles. The highest BCUT2D eigenvalue weighted by atomic mass is 16.7. The Labute approximate surface area is 122 Å². The summed E-state index contributed by atoms with van der Waals surface area (Å²) in [5, 5.41) is 38.4. The first-order chi connectivity index (χ1) is 9.84. The molecule has 0 aromatic carbocycles. The van der Waals surface area contributed by atoms with Crippen molar-refractivity contribution < 1.29 is 39.4 Å². The fourth-order valence-electron chi connectivity index (χ4n) is 2.49. The van der Waals surface area contributed by atoms with Gasteiger partial charge in [-0.25, -0.2) is 4.79 Å². The van der Waals surface area contributed by atoms with Crippen LogP contribution < -0.4 is 0 Å². The average molecular weight is 306 g/mol. The molecule has 2 fully saturated rings. The molecule has 0 aliphatic carbocycles. The lowest BCUT2D eigenvalue weighted by Crippen LogP contribution is -2.60. The Morgan fingerprint density at radius 3 is 2.52 bits per heavy atom. The molecule has 0 bridgehead atoms. The fraction of sp³-hybridized carbons (Fsp3) is 0.923. The molecule has 0 aromatic rings. The van der Waals surface area contributed by atoms with Gasteiger partial charge in [0.2, 0.25) is 0 Å². The maximum Gasteiger partial charge on any atom is 0.336 e. The number of rotatable bonds is 4. The van der Waals surface area contributed by atoms with Gasteiger partial charge in [0.15, 0.2) is 12.4 Å². The first-order valence-corrected chi connectivity index (χ1v) is 6.96. The fourth-order valence-corrected chi connectivity index (χ4v) is 2.49. The number of hydrogen-bond acceptors (Lipinski definition) is 8. The molecule has 0 amide bonds. The molecule has 2 heterocycles. The molecule has 0 saturated carbocycles. The van der Waals surface area contributed by atoms with Gasteiger partial charge in [-0.3, -0.25) is 0 Å². The highest BCUT2D eigenvalue weighted by Gasteiger charge is 2.51. The lowest BCUT2D eigenvalue weighted by atomic mass is 9.84. The molecule has 7 unspecified atom stereocenters. The van der Waals surface area contributed by atoms with Gasteiger partial charge < -0.3 is 34.6 Å². The number of aliphatic hydroxyl groups is 4. The summed E-state index contributed by atoms with van der Waals surface area (Å²) in [6, 6.07) is 0. The number of aliphatic hydroxyl groups excluding tert-OH is 4. The van der Waals surface area contributed by atoms with Gasteiger partial charge >= 0.3 is 5.97 Å². The molecule has 0 aromatic heterocycles. The summed E-state index contributed by atoms with van der Waals surface area (Å²) < 4.78 is 15.7. The molecule has 2 aliphatic heterocycles. The second-order valence-electron chi connectivity index (χ2n) is 5.83. The molecule has 7 atom stereocenters. The smallest absolute Gasteiger partial charge is 0.336 e. The zero-order chi connectivity index (χ0) is 15.8. The van der Waals surface area contributed by atoms with Crippen LogP contribution in [0.5, 0.6) is 0 Å². The van der Waals surface area contributed by atoms with Crippen molar-refractivity contribution in [3.8, 4) is 0 Å². The molecule has 21 heavy (non-hydrogen) atoms. The molecule has 8 nitrogen and oxygen atoms in total. The minimum atomic E-state index is -1.54. The minimum Gasteiger partial charge on any atom is -0.463 e. The van der Waals surface area contributed by atoms with Crippen LogP contribution in [0.3, 0.4) is 0 Å². The van der Waals surface area contributed by atoms with Crippen molar-refractivity contribution >= 4 is 5.97 Å². The van der Waals surface area contributed by atoms with Crippen LogP contribution in [0.15, 0.2) is 0 Å².